The molecule has 5 nitrogen and oxygen atoms in total. The lowest BCUT2D eigenvalue weighted by atomic mass is 9.86. The van der Waals surface area contributed by atoms with Gasteiger partial charge in [-0.2, -0.15) is 0 Å². The molecule has 0 atom stereocenters. The first-order valence-corrected chi connectivity index (χ1v) is 9.57. The average Bonchev–Trinajstić information content (AvgIpc) is 2.25. The van der Waals surface area contributed by atoms with Crippen molar-refractivity contribution >= 4 is 19.9 Å². The first kappa shape index (κ1) is 15.4. The highest BCUT2D eigenvalue weighted by atomic mass is 32.2. The van der Waals surface area contributed by atoms with Crippen LogP contribution in [0.5, 0.6) is 0 Å². The molecule has 0 heterocycles. The van der Waals surface area contributed by atoms with Crippen LogP contribution in [0.4, 0.5) is 4.39 Å². The fraction of sp³-hybridized carbons (Fsp3) is 0.500. The Morgan fingerprint density at radius 2 is 1.90 bits per heavy atom. The number of nitrogens with one attached hydrogen (secondary N) is 1. The van der Waals surface area contributed by atoms with Crippen molar-refractivity contribution in [1.82, 2.24) is 4.72 Å². The number of sulfone groups is 1. The first-order valence-electron chi connectivity index (χ1n) is 6.19. The molecule has 112 valence electrons. The summed E-state index contributed by atoms with van der Waals surface area (Å²) >= 11 is 0. The molecule has 0 spiro atoms. The van der Waals surface area contributed by atoms with Crippen LogP contribution in [-0.4, -0.2) is 29.6 Å². The van der Waals surface area contributed by atoms with E-state index in [1.807, 2.05) is 0 Å². The van der Waals surface area contributed by atoms with Gasteiger partial charge in [-0.3, -0.25) is 0 Å². The number of rotatable bonds is 5. The number of sulfonamides is 1. The second kappa shape index (κ2) is 5.42. The van der Waals surface area contributed by atoms with Gasteiger partial charge in [0.15, 0.2) is 9.84 Å². The maximum absolute atomic E-state index is 13.7. The van der Waals surface area contributed by atoms with E-state index in [1.54, 1.807) is 0 Å². The van der Waals surface area contributed by atoms with Crippen LogP contribution in [0, 0.1) is 11.7 Å². The van der Waals surface area contributed by atoms with Crippen molar-refractivity contribution in [3.8, 4) is 0 Å². The SMILES string of the molecule is CS(=O)(=O)c1ccc(F)c(S(=O)(=O)NCC2CCC2)c1. The Kier molecular flexibility index (Phi) is 4.17. The highest BCUT2D eigenvalue weighted by Gasteiger charge is 2.24. The van der Waals surface area contributed by atoms with E-state index in [0.29, 0.717) is 0 Å². The topological polar surface area (TPSA) is 80.3 Å². The Morgan fingerprint density at radius 1 is 1.25 bits per heavy atom. The third-order valence-corrected chi connectivity index (χ3v) is 5.96. The summed E-state index contributed by atoms with van der Waals surface area (Å²) in [6.07, 6.45) is 3.92. The Balaban J connectivity index is 2.29. The standard InChI is InChI=1S/C12H16FNO4S2/c1-19(15,16)10-5-6-11(13)12(7-10)20(17,18)14-8-9-3-2-4-9/h5-7,9,14H,2-4,8H2,1H3. The summed E-state index contributed by atoms with van der Waals surface area (Å²) in [6, 6.07) is 2.76. The molecular formula is C12H16FNO4S2. The highest BCUT2D eigenvalue weighted by molar-refractivity contribution is 7.91. The summed E-state index contributed by atoms with van der Waals surface area (Å²) in [7, 11) is -7.62. The van der Waals surface area contributed by atoms with E-state index in [0.717, 1.165) is 43.7 Å². The molecule has 1 aromatic carbocycles. The second-order valence-corrected chi connectivity index (χ2v) is 8.76. The van der Waals surface area contributed by atoms with E-state index in [1.165, 1.54) is 0 Å². The summed E-state index contributed by atoms with van der Waals surface area (Å²) in [5.74, 6) is -0.676. The zero-order valence-electron chi connectivity index (χ0n) is 11.0. The van der Waals surface area contributed by atoms with Crippen molar-refractivity contribution in [3.63, 3.8) is 0 Å². The van der Waals surface area contributed by atoms with Gasteiger partial charge in [-0.05, 0) is 37.0 Å². The lowest BCUT2D eigenvalue weighted by molar-refractivity contribution is 0.316. The Bertz CT molecular complexity index is 709. The zero-order valence-corrected chi connectivity index (χ0v) is 12.6. The smallest absolute Gasteiger partial charge is 0.224 e. The summed E-state index contributed by atoms with van der Waals surface area (Å²) in [5.41, 5.74) is 0. The van der Waals surface area contributed by atoms with E-state index < -0.39 is 30.6 Å². The fourth-order valence-electron chi connectivity index (χ4n) is 1.92. The summed E-state index contributed by atoms with van der Waals surface area (Å²) in [5, 5.41) is 0. The van der Waals surface area contributed by atoms with Crippen molar-refractivity contribution < 1.29 is 21.2 Å². The summed E-state index contributed by atoms with van der Waals surface area (Å²) < 4.78 is 62.9. The van der Waals surface area contributed by atoms with Crippen molar-refractivity contribution in [2.75, 3.05) is 12.8 Å². The molecule has 1 aliphatic carbocycles. The molecule has 20 heavy (non-hydrogen) atoms. The van der Waals surface area contributed by atoms with Gasteiger partial charge in [0, 0.05) is 12.8 Å². The van der Waals surface area contributed by atoms with E-state index in [9.17, 15) is 21.2 Å². The third-order valence-electron chi connectivity index (χ3n) is 3.41. The van der Waals surface area contributed by atoms with E-state index in [4.69, 9.17) is 0 Å². The molecule has 8 heteroatoms. The molecule has 0 bridgehead atoms. The maximum atomic E-state index is 13.7. The Hall–Kier alpha value is -0.990. The van der Waals surface area contributed by atoms with Gasteiger partial charge in [-0.25, -0.2) is 25.9 Å². The molecule has 1 aromatic rings. The molecule has 0 radical (unpaired) electrons. The molecule has 0 saturated heterocycles. The number of hydrogen-bond acceptors (Lipinski definition) is 4. The van der Waals surface area contributed by atoms with Gasteiger partial charge in [-0.1, -0.05) is 6.42 Å². The van der Waals surface area contributed by atoms with Gasteiger partial charge >= 0.3 is 0 Å². The highest BCUT2D eigenvalue weighted by Crippen LogP contribution is 2.26. The second-order valence-electron chi connectivity index (χ2n) is 5.01. The van der Waals surface area contributed by atoms with Crippen LogP contribution in [0.2, 0.25) is 0 Å². The van der Waals surface area contributed by atoms with Gasteiger partial charge in [0.25, 0.3) is 0 Å². The van der Waals surface area contributed by atoms with Gasteiger partial charge in [0.1, 0.15) is 10.7 Å². The van der Waals surface area contributed by atoms with Gasteiger partial charge in [-0.15, -0.1) is 0 Å². The monoisotopic (exact) mass is 321 g/mol. The van der Waals surface area contributed by atoms with Crippen LogP contribution in [-0.2, 0) is 19.9 Å². The van der Waals surface area contributed by atoms with Crippen LogP contribution in [0.1, 0.15) is 19.3 Å². The third kappa shape index (κ3) is 3.36. The molecular weight excluding hydrogens is 305 g/mol. The molecule has 1 N–H and O–H groups in total. The normalized spacial score (nSPS) is 16.9. The van der Waals surface area contributed by atoms with Crippen molar-refractivity contribution in [3.05, 3.63) is 24.0 Å². The maximum Gasteiger partial charge on any atom is 0.243 e. The lowest BCUT2D eigenvalue weighted by Crippen LogP contribution is -2.32. The molecule has 1 saturated carbocycles. The van der Waals surface area contributed by atoms with Crippen LogP contribution >= 0.6 is 0 Å². The molecule has 1 fully saturated rings. The van der Waals surface area contributed by atoms with Crippen LogP contribution in [0.15, 0.2) is 28.0 Å². The predicted octanol–water partition coefficient (Wildman–Crippen LogP) is 1.31. The van der Waals surface area contributed by atoms with Crippen molar-refractivity contribution in [2.45, 2.75) is 29.1 Å². The number of halogens is 1. The van der Waals surface area contributed by atoms with Gasteiger partial charge in [0.2, 0.25) is 10.0 Å². The van der Waals surface area contributed by atoms with E-state index in [2.05, 4.69) is 4.72 Å². The first-order chi connectivity index (χ1) is 9.20. The van der Waals surface area contributed by atoms with E-state index >= 15 is 0 Å². The largest absolute Gasteiger partial charge is 0.243 e. The summed E-state index contributed by atoms with van der Waals surface area (Å²) in [4.78, 5) is -0.845. The van der Waals surface area contributed by atoms with Crippen molar-refractivity contribution in [1.29, 1.82) is 0 Å². The quantitative estimate of drug-likeness (QED) is 0.829. The molecule has 0 amide bonds. The van der Waals surface area contributed by atoms with Crippen LogP contribution < -0.4 is 4.72 Å². The number of hydrogen-bond donors (Lipinski definition) is 1. The number of benzene rings is 1. The molecule has 1 aliphatic rings. The van der Waals surface area contributed by atoms with E-state index in [-0.39, 0.29) is 17.4 Å². The minimum absolute atomic E-state index is 0.220. The molecule has 0 unspecified atom stereocenters. The zero-order chi connectivity index (χ0) is 15.0. The fourth-order valence-corrected chi connectivity index (χ4v) is 3.86. The van der Waals surface area contributed by atoms with Gasteiger partial charge < -0.3 is 0 Å². The predicted molar refractivity (Wildman–Crippen MR) is 72.0 cm³/mol. The van der Waals surface area contributed by atoms with Gasteiger partial charge in [0.05, 0.1) is 4.90 Å². The van der Waals surface area contributed by atoms with Crippen molar-refractivity contribution in [2.24, 2.45) is 5.92 Å². The molecule has 0 aromatic heterocycles. The Labute approximate surface area is 118 Å². The average molecular weight is 321 g/mol. The lowest BCUT2D eigenvalue weighted by Gasteiger charge is -2.25. The molecule has 0 aliphatic heterocycles. The van der Waals surface area contributed by atoms with Crippen LogP contribution in [0.25, 0.3) is 0 Å². The minimum atomic E-state index is -4.03. The Morgan fingerprint density at radius 3 is 2.40 bits per heavy atom. The molecule has 2 rings (SSSR count). The van der Waals surface area contributed by atoms with Crippen LogP contribution in [0.3, 0.4) is 0 Å². The minimum Gasteiger partial charge on any atom is -0.224 e. The summed E-state index contributed by atoms with van der Waals surface area (Å²) in [6.45, 7) is 0.255.